The molecular formula is C24H23FN2O3S. The van der Waals surface area contributed by atoms with Crippen molar-refractivity contribution in [1.29, 1.82) is 0 Å². The van der Waals surface area contributed by atoms with Gasteiger partial charge in [-0.2, -0.15) is 0 Å². The standard InChI is InChI=1S/C24H23FN2O3S/c1-17(18-6-3-2-4-7-18)26-31(29,30)22-13-14-23-20(16-22)8-5-15-27(23)24(28)19-9-11-21(25)12-10-19/h2-4,6-7,9-14,16-17,26H,5,8,15H2,1H3/t17-/m1/s1. The van der Waals surface area contributed by atoms with Crippen LogP contribution in [0.3, 0.4) is 0 Å². The highest BCUT2D eigenvalue weighted by molar-refractivity contribution is 7.89. The van der Waals surface area contributed by atoms with Gasteiger partial charge in [0.25, 0.3) is 5.91 Å². The van der Waals surface area contributed by atoms with Crippen LogP contribution in [0.25, 0.3) is 0 Å². The van der Waals surface area contributed by atoms with Gasteiger partial charge in [0.05, 0.1) is 4.90 Å². The normalized spacial score (nSPS) is 14.7. The summed E-state index contributed by atoms with van der Waals surface area (Å²) in [7, 11) is -3.73. The molecule has 0 aromatic heterocycles. The van der Waals surface area contributed by atoms with Gasteiger partial charge in [0.15, 0.2) is 0 Å². The maximum atomic E-state index is 13.2. The number of benzene rings is 3. The zero-order valence-corrected chi connectivity index (χ0v) is 17.9. The van der Waals surface area contributed by atoms with Crippen molar-refractivity contribution in [2.75, 3.05) is 11.4 Å². The summed E-state index contributed by atoms with van der Waals surface area (Å²) in [6.45, 7) is 2.33. The van der Waals surface area contributed by atoms with Crippen molar-refractivity contribution in [2.24, 2.45) is 0 Å². The van der Waals surface area contributed by atoms with Crippen LogP contribution in [0.1, 0.15) is 40.9 Å². The zero-order chi connectivity index (χ0) is 22.0. The molecule has 0 radical (unpaired) electrons. The molecule has 1 aliphatic rings. The van der Waals surface area contributed by atoms with Crippen molar-refractivity contribution in [2.45, 2.75) is 30.7 Å². The Morgan fingerprint density at radius 3 is 2.45 bits per heavy atom. The molecule has 4 rings (SSSR count). The molecule has 5 nitrogen and oxygen atoms in total. The minimum absolute atomic E-state index is 0.171. The molecule has 3 aromatic rings. The van der Waals surface area contributed by atoms with Crippen molar-refractivity contribution in [3.05, 3.63) is 95.3 Å². The molecule has 0 aliphatic carbocycles. The predicted molar refractivity (Wildman–Crippen MR) is 118 cm³/mol. The van der Waals surface area contributed by atoms with Crippen molar-refractivity contribution in [3.8, 4) is 0 Å². The number of nitrogens with one attached hydrogen (secondary N) is 1. The first-order valence-electron chi connectivity index (χ1n) is 10.1. The largest absolute Gasteiger partial charge is 0.308 e. The highest BCUT2D eigenvalue weighted by Gasteiger charge is 2.26. The lowest BCUT2D eigenvalue weighted by Gasteiger charge is -2.30. The number of hydrogen-bond acceptors (Lipinski definition) is 3. The summed E-state index contributed by atoms with van der Waals surface area (Å²) < 4.78 is 41.8. The Balaban J connectivity index is 1.59. The monoisotopic (exact) mass is 438 g/mol. The van der Waals surface area contributed by atoms with Crippen molar-refractivity contribution < 1.29 is 17.6 Å². The van der Waals surface area contributed by atoms with Gasteiger partial charge in [-0.3, -0.25) is 4.79 Å². The molecule has 0 spiro atoms. The van der Waals surface area contributed by atoms with E-state index in [-0.39, 0.29) is 16.8 Å². The van der Waals surface area contributed by atoms with Crippen LogP contribution in [0.15, 0.2) is 77.7 Å². The van der Waals surface area contributed by atoms with Gasteiger partial charge >= 0.3 is 0 Å². The smallest absolute Gasteiger partial charge is 0.258 e. The fourth-order valence-electron chi connectivity index (χ4n) is 3.81. The maximum Gasteiger partial charge on any atom is 0.258 e. The molecule has 1 aliphatic heterocycles. The second-order valence-electron chi connectivity index (χ2n) is 7.61. The van der Waals surface area contributed by atoms with Crippen LogP contribution in [0, 0.1) is 5.82 Å². The molecule has 31 heavy (non-hydrogen) atoms. The van der Waals surface area contributed by atoms with Gasteiger partial charge in [-0.25, -0.2) is 17.5 Å². The lowest BCUT2D eigenvalue weighted by molar-refractivity contribution is 0.0985. The van der Waals surface area contributed by atoms with Crippen LogP contribution >= 0.6 is 0 Å². The van der Waals surface area contributed by atoms with E-state index in [1.165, 1.54) is 30.3 Å². The lowest BCUT2D eigenvalue weighted by Crippen LogP contribution is -2.35. The first-order chi connectivity index (χ1) is 14.8. The van der Waals surface area contributed by atoms with E-state index >= 15 is 0 Å². The van der Waals surface area contributed by atoms with Crippen molar-refractivity contribution in [1.82, 2.24) is 4.72 Å². The van der Waals surface area contributed by atoms with Gasteiger partial charge < -0.3 is 4.90 Å². The Morgan fingerprint density at radius 2 is 1.74 bits per heavy atom. The van der Waals surface area contributed by atoms with Gasteiger partial charge in [-0.05, 0) is 73.4 Å². The Hall–Kier alpha value is -3.03. The average molecular weight is 439 g/mol. The number of sulfonamides is 1. The van der Waals surface area contributed by atoms with E-state index < -0.39 is 15.8 Å². The first-order valence-corrected chi connectivity index (χ1v) is 11.6. The summed E-state index contributed by atoms with van der Waals surface area (Å²) in [6, 6.07) is 19.3. The predicted octanol–water partition coefficient (Wildman–Crippen LogP) is 4.46. The Labute approximate surface area is 181 Å². The van der Waals surface area contributed by atoms with Crippen molar-refractivity contribution >= 4 is 21.6 Å². The van der Waals surface area contributed by atoms with Crippen LogP contribution < -0.4 is 9.62 Å². The molecule has 160 valence electrons. The molecular weight excluding hydrogens is 415 g/mol. The second kappa shape index (κ2) is 8.61. The number of fused-ring (bicyclic) bond motifs is 1. The third kappa shape index (κ3) is 4.52. The minimum Gasteiger partial charge on any atom is -0.308 e. The topological polar surface area (TPSA) is 66.5 Å². The fourth-order valence-corrected chi connectivity index (χ4v) is 5.09. The Morgan fingerprint density at radius 1 is 1.03 bits per heavy atom. The molecule has 1 atom stereocenters. The number of carbonyl (C=O) groups excluding carboxylic acids is 1. The third-order valence-corrected chi connectivity index (χ3v) is 6.99. The first kappa shape index (κ1) is 21.2. The summed E-state index contributed by atoms with van der Waals surface area (Å²) in [5, 5.41) is 0. The van der Waals surface area contributed by atoms with Crippen molar-refractivity contribution in [3.63, 3.8) is 0 Å². The molecule has 1 amide bonds. The van der Waals surface area contributed by atoms with E-state index in [0.29, 0.717) is 24.2 Å². The van der Waals surface area contributed by atoms with E-state index in [2.05, 4.69) is 4.72 Å². The minimum atomic E-state index is -3.73. The summed E-state index contributed by atoms with van der Waals surface area (Å²) in [5.41, 5.74) is 2.76. The number of aryl methyl sites for hydroxylation is 1. The number of halogens is 1. The second-order valence-corrected chi connectivity index (χ2v) is 9.33. The molecule has 1 heterocycles. The van der Waals surface area contributed by atoms with Crippen LogP contribution in [0.4, 0.5) is 10.1 Å². The quantitative estimate of drug-likeness (QED) is 0.640. The number of nitrogens with zero attached hydrogens (tertiary/aromatic N) is 1. The number of hydrogen-bond donors (Lipinski definition) is 1. The molecule has 0 unspecified atom stereocenters. The summed E-state index contributed by atoms with van der Waals surface area (Å²) in [6.07, 6.45) is 1.40. The van der Waals surface area contributed by atoms with Gasteiger partial charge in [-0.15, -0.1) is 0 Å². The summed E-state index contributed by atoms with van der Waals surface area (Å²) in [4.78, 5) is 14.7. The summed E-state index contributed by atoms with van der Waals surface area (Å²) >= 11 is 0. The third-order valence-electron chi connectivity index (χ3n) is 5.45. The molecule has 1 N–H and O–H groups in total. The Kier molecular flexibility index (Phi) is 5.89. The fraction of sp³-hybridized carbons (Fsp3) is 0.208. The maximum absolute atomic E-state index is 13.2. The number of amides is 1. The van der Waals surface area contributed by atoms with Crippen LogP contribution in [0.2, 0.25) is 0 Å². The lowest BCUT2D eigenvalue weighted by atomic mass is 10.0. The SMILES string of the molecule is C[C@@H](NS(=O)(=O)c1ccc2c(c1)CCCN2C(=O)c1ccc(F)cc1)c1ccccc1. The van der Waals surface area contributed by atoms with E-state index in [1.807, 2.05) is 30.3 Å². The molecule has 3 aromatic carbocycles. The average Bonchev–Trinajstić information content (AvgIpc) is 2.78. The van der Waals surface area contributed by atoms with Gasteiger partial charge in [-0.1, -0.05) is 30.3 Å². The number of carbonyl (C=O) groups is 1. The van der Waals surface area contributed by atoms with Gasteiger partial charge in [0.1, 0.15) is 5.82 Å². The van der Waals surface area contributed by atoms with Crippen LogP contribution in [-0.2, 0) is 16.4 Å². The van der Waals surface area contributed by atoms with E-state index in [1.54, 1.807) is 24.0 Å². The van der Waals surface area contributed by atoms with Crippen LogP contribution in [0.5, 0.6) is 0 Å². The van der Waals surface area contributed by atoms with E-state index in [4.69, 9.17) is 0 Å². The van der Waals surface area contributed by atoms with Crippen LogP contribution in [-0.4, -0.2) is 20.9 Å². The number of rotatable bonds is 5. The molecule has 0 saturated heterocycles. The molecule has 0 saturated carbocycles. The molecule has 0 bridgehead atoms. The van der Waals surface area contributed by atoms with Gasteiger partial charge in [0.2, 0.25) is 10.0 Å². The zero-order valence-electron chi connectivity index (χ0n) is 17.1. The highest BCUT2D eigenvalue weighted by Crippen LogP contribution is 2.31. The summed E-state index contributed by atoms with van der Waals surface area (Å²) in [5.74, 6) is -0.630. The van der Waals surface area contributed by atoms with E-state index in [0.717, 1.165) is 17.5 Å². The Bertz CT molecular complexity index is 1200. The molecule has 7 heteroatoms. The highest BCUT2D eigenvalue weighted by atomic mass is 32.2. The van der Waals surface area contributed by atoms with E-state index in [9.17, 15) is 17.6 Å². The van der Waals surface area contributed by atoms with Gasteiger partial charge in [0, 0.05) is 23.8 Å². The molecule has 0 fully saturated rings. The number of anilines is 1.